The van der Waals surface area contributed by atoms with Crippen LogP contribution < -0.4 is 24.8 Å². The number of rotatable bonds is 6. The summed E-state index contributed by atoms with van der Waals surface area (Å²) in [6, 6.07) is 10.6. The SMILES string of the molecule is CNc1ccccc1C(=O)Nc1cc(OC)c(OC)c(OC)c1. The van der Waals surface area contributed by atoms with Crippen LogP contribution in [0.4, 0.5) is 11.4 Å². The van der Waals surface area contributed by atoms with E-state index in [1.54, 1.807) is 25.2 Å². The largest absolute Gasteiger partial charge is 0.493 e. The van der Waals surface area contributed by atoms with E-state index < -0.39 is 0 Å². The molecule has 0 saturated heterocycles. The number of anilines is 2. The first-order valence-electron chi connectivity index (χ1n) is 7.02. The summed E-state index contributed by atoms with van der Waals surface area (Å²) in [7, 11) is 6.35. The number of benzene rings is 2. The van der Waals surface area contributed by atoms with Crippen LogP contribution in [0.1, 0.15) is 10.4 Å². The van der Waals surface area contributed by atoms with Gasteiger partial charge in [-0.2, -0.15) is 0 Å². The molecule has 1 amide bonds. The Bertz CT molecular complexity index is 676. The highest BCUT2D eigenvalue weighted by molar-refractivity contribution is 6.08. The van der Waals surface area contributed by atoms with Crippen molar-refractivity contribution in [3.63, 3.8) is 0 Å². The summed E-state index contributed by atoms with van der Waals surface area (Å²) >= 11 is 0. The Morgan fingerprint density at radius 1 is 0.957 bits per heavy atom. The van der Waals surface area contributed by atoms with Crippen molar-refractivity contribution in [2.45, 2.75) is 0 Å². The number of hydrogen-bond donors (Lipinski definition) is 2. The van der Waals surface area contributed by atoms with Crippen LogP contribution in [0.15, 0.2) is 36.4 Å². The first-order valence-corrected chi connectivity index (χ1v) is 7.02. The zero-order chi connectivity index (χ0) is 16.8. The minimum Gasteiger partial charge on any atom is -0.493 e. The summed E-state index contributed by atoms with van der Waals surface area (Å²) < 4.78 is 15.8. The molecule has 6 nitrogen and oxygen atoms in total. The fraction of sp³-hybridized carbons (Fsp3) is 0.235. The predicted octanol–water partition coefficient (Wildman–Crippen LogP) is 3.01. The van der Waals surface area contributed by atoms with Crippen molar-refractivity contribution in [2.75, 3.05) is 39.0 Å². The van der Waals surface area contributed by atoms with Crippen LogP contribution in [-0.2, 0) is 0 Å². The molecule has 0 fully saturated rings. The van der Waals surface area contributed by atoms with Gasteiger partial charge in [0.15, 0.2) is 11.5 Å². The third-order valence-corrected chi connectivity index (χ3v) is 3.36. The number of amides is 1. The Kier molecular flexibility index (Phi) is 5.30. The van der Waals surface area contributed by atoms with E-state index in [1.807, 2.05) is 18.2 Å². The van der Waals surface area contributed by atoms with Gasteiger partial charge in [0, 0.05) is 30.6 Å². The van der Waals surface area contributed by atoms with Crippen LogP contribution in [0.5, 0.6) is 17.2 Å². The molecule has 2 aromatic rings. The van der Waals surface area contributed by atoms with Crippen LogP contribution in [-0.4, -0.2) is 34.3 Å². The lowest BCUT2D eigenvalue weighted by Crippen LogP contribution is -2.14. The summed E-state index contributed by atoms with van der Waals surface area (Å²) in [5.41, 5.74) is 1.84. The van der Waals surface area contributed by atoms with Crippen molar-refractivity contribution in [3.05, 3.63) is 42.0 Å². The summed E-state index contributed by atoms with van der Waals surface area (Å²) in [6.07, 6.45) is 0. The lowest BCUT2D eigenvalue weighted by atomic mass is 10.1. The van der Waals surface area contributed by atoms with Crippen LogP contribution in [0.25, 0.3) is 0 Å². The molecule has 0 aliphatic rings. The molecule has 0 atom stereocenters. The van der Waals surface area contributed by atoms with Gasteiger partial charge in [-0.15, -0.1) is 0 Å². The van der Waals surface area contributed by atoms with Crippen molar-refractivity contribution in [3.8, 4) is 17.2 Å². The van der Waals surface area contributed by atoms with Gasteiger partial charge < -0.3 is 24.8 Å². The summed E-state index contributed by atoms with van der Waals surface area (Å²) in [4.78, 5) is 12.5. The molecular weight excluding hydrogens is 296 g/mol. The molecular formula is C17H20N2O4. The van der Waals surface area contributed by atoms with Gasteiger partial charge in [-0.1, -0.05) is 12.1 Å². The second-order valence-electron chi connectivity index (χ2n) is 4.66. The van der Waals surface area contributed by atoms with Crippen molar-refractivity contribution < 1.29 is 19.0 Å². The van der Waals surface area contributed by atoms with Crippen molar-refractivity contribution in [1.82, 2.24) is 0 Å². The minimum absolute atomic E-state index is 0.232. The molecule has 0 radical (unpaired) electrons. The van der Waals surface area contributed by atoms with Gasteiger partial charge in [0.05, 0.1) is 26.9 Å². The Morgan fingerprint density at radius 2 is 1.57 bits per heavy atom. The van der Waals surface area contributed by atoms with E-state index in [1.165, 1.54) is 21.3 Å². The molecule has 0 aliphatic carbocycles. The van der Waals surface area contributed by atoms with Crippen molar-refractivity contribution in [1.29, 1.82) is 0 Å². The first-order chi connectivity index (χ1) is 11.1. The lowest BCUT2D eigenvalue weighted by molar-refractivity contribution is 0.102. The number of ether oxygens (including phenoxy) is 3. The molecule has 2 N–H and O–H groups in total. The number of carbonyl (C=O) groups excluding carboxylic acids is 1. The third-order valence-electron chi connectivity index (χ3n) is 3.36. The molecule has 23 heavy (non-hydrogen) atoms. The number of nitrogens with one attached hydrogen (secondary N) is 2. The normalized spacial score (nSPS) is 9.91. The smallest absolute Gasteiger partial charge is 0.257 e. The molecule has 0 aliphatic heterocycles. The highest BCUT2D eigenvalue weighted by Crippen LogP contribution is 2.40. The highest BCUT2D eigenvalue weighted by Gasteiger charge is 2.16. The van der Waals surface area contributed by atoms with Gasteiger partial charge in [0.25, 0.3) is 5.91 Å². The Hall–Kier alpha value is -2.89. The number of carbonyl (C=O) groups is 1. The molecule has 0 aromatic heterocycles. The van der Waals surface area contributed by atoms with Crippen molar-refractivity contribution >= 4 is 17.3 Å². The average Bonchev–Trinajstić information content (AvgIpc) is 2.60. The second kappa shape index (κ2) is 7.40. The quantitative estimate of drug-likeness (QED) is 0.857. The average molecular weight is 316 g/mol. The molecule has 0 saturated carbocycles. The minimum atomic E-state index is -0.232. The predicted molar refractivity (Wildman–Crippen MR) is 90.0 cm³/mol. The molecule has 6 heteroatoms. The third kappa shape index (κ3) is 3.48. The maximum atomic E-state index is 12.5. The van der Waals surface area contributed by atoms with E-state index >= 15 is 0 Å². The molecule has 0 heterocycles. The highest BCUT2D eigenvalue weighted by atomic mass is 16.5. The fourth-order valence-electron chi connectivity index (χ4n) is 2.25. The standard InChI is InChI=1S/C17H20N2O4/c1-18-13-8-6-5-7-12(13)17(20)19-11-9-14(21-2)16(23-4)15(10-11)22-3/h5-10,18H,1-4H3,(H,19,20). The summed E-state index contributed by atoms with van der Waals surface area (Å²) in [5.74, 6) is 1.20. The van der Waals surface area contributed by atoms with E-state index in [9.17, 15) is 4.79 Å². The zero-order valence-corrected chi connectivity index (χ0v) is 13.6. The number of methoxy groups -OCH3 is 3. The van der Waals surface area contributed by atoms with Gasteiger partial charge in [-0.05, 0) is 12.1 Å². The van der Waals surface area contributed by atoms with Crippen molar-refractivity contribution in [2.24, 2.45) is 0 Å². The molecule has 122 valence electrons. The van der Waals surface area contributed by atoms with E-state index in [-0.39, 0.29) is 5.91 Å². The Labute approximate surface area is 135 Å². The molecule has 0 spiro atoms. The van der Waals surface area contributed by atoms with E-state index in [0.717, 1.165) is 5.69 Å². The molecule has 2 rings (SSSR count). The number of para-hydroxylation sites is 1. The van der Waals surface area contributed by atoms with Gasteiger partial charge >= 0.3 is 0 Å². The summed E-state index contributed by atoms with van der Waals surface area (Å²) in [5, 5.41) is 5.83. The maximum Gasteiger partial charge on any atom is 0.257 e. The van der Waals surface area contributed by atoms with Crippen LogP contribution in [0.2, 0.25) is 0 Å². The van der Waals surface area contributed by atoms with Gasteiger partial charge in [-0.25, -0.2) is 0 Å². The van der Waals surface area contributed by atoms with E-state index in [0.29, 0.717) is 28.5 Å². The Morgan fingerprint density at radius 3 is 2.09 bits per heavy atom. The van der Waals surface area contributed by atoms with Gasteiger partial charge in [0.2, 0.25) is 5.75 Å². The summed E-state index contributed by atoms with van der Waals surface area (Å²) in [6.45, 7) is 0. The molecule has 2 aromatic carbocycles. The van der Waals surface area contributed by atoms with Crippen LogP contribution in [0.3, 0.4) is 0 Å². The van der Waals surface area contributed by atoms with Crippen LogP contribution in [0, 0.1) is 0 Å². The maximum absolute atomic E-state index is 12.5. The van der Waals surface area contributed by atoms with Crippen LogP contribution >= 0.6 is 0 Å². The molecule has 0 bridgehead atoms. The molecule has 0 unspecified atom stereocenters. The van der Waals surface area contributed by atoms with Gasteiger partial charge in [0.1, 0.15) is 0 Å². The Balaban J connectivity index is 2.34. The first kappa shape index (κ1) is 16.5. The second-order valence-corrected chi connectivity index (χ2v) is 4.66. The fourth-order valence-corrected chi connectivity index (χ4v) is 2.25. The number of hydrogen-bond acceptors (Lipinski definition) is 5. The zero-order valence-electron chi connectivity index (χ0n) is 13.6. The topological polar surface area (TPSA) is 68.8 Å². The van der Waals surface area contributed by atoms with Gasteiger partial charge in [-0.3, -0.25) is 4.79 Å². The van der Waals surface area contributed by atoms with E-state index in [2.05, 4.69) is 10.6 Å². The lowest BCUT2D eigenvalue weighted by Gasteiger charge is -2.15. The monoisotopic (exact) mass is 316 g/mol. The van der Waals surface area contributed by atoms with E-state index in [4.69, 9.17) is 14.2 Å².